The first-order valence-electron chi connectivity index (χ1n) is 6.96. The van der Waals surface area contributed by atoms with Gasteiger partial charge in [-0.05, 0) is 29.8 Å². The van der Waals surface area contributed by atoms with E-state index in [2.05, 4.69) is 0 Å². The van der Waals surface area contributed by atoms with Gasteiger partial charge < -0.3 is 10.0 Å². The summed E-state index contributed by atoms with van der Waals surface area (Å²) in [6.45, 7) is -0.300. The van der Waals surface area contributed by atoms with Crippen LogP contribution in [0.1, 0.15) is 16.1 Å². The van der Waals surface area contributed by atoms with Crippen LogP contribution in [0.15, 0.2) is 36.4 Å². The molecule has 0 aliphatic carbocycles. The Bertz CT molecular complexity index is 761. The molecule has 1 amide bonds. The molecule has 23 heavy (non-hydrogen) atoms. The number of carboxylic acid groups (broad SMARTS) is 1. The molecule has 4 nitrogen and oxygen atoms in total. The van der Waals surface area contributed by atoms with Crippen LogP contribution >= 0.6 is 22.9 Å². The van der Waals surface area contributed by atoms with Crippen LogP contribution in [0.4, 0.5) is 4.39 Å². The number of alkyl halides is 1. The number of likely N-dealkylation sites (tertiary alicyclic amines) is 1. The molecule has 1 aliphatic rings. The largest absolute Gasteiger partial charge is 0.479 e. The van der Waals surface area contributed by atoms with Crippen molar-refractivity contribution in [2.45, 2.75) is 12.1 Å². The molecule has 0 bridgehead atoms. The number of nitrogens with zero attached hydrogens (tertiary/aromatic N) is 1. The van der Waals surface area contributed by atoms with E-state index in [1.54, 1.807) is 18.2 Å². The highest BCUT2D eigenvalue weighted by Crippen LogP contribution is 2.32. The number of amides is 1. The van der Waals surface area contributed by atoms with E-state index in [1.165, 1.54) is 16.2 Å². The number of carbonyl (C=O) groups is 2. The van der Waals surface area contributed by atoms with Gasteiger partial charge in [-0.15, -0.1) is 11.3 Å². The van der Waals surface area contributed by atoms with Crippen LogP contribution in [0.2, 0.25) is 5.02 Å². The Morgan fingerprint density at radius 3 is 2.52 bits per heavy atom. The first-order chi connectivity index (χ1) is 10.9. The van der Waals surface area contributed by atoms with Crippen molar-refractivity contribution >= 4 is 34.8 Å². The quantitative estimate of drug-likeness (QED) is 0.915. The average Bonchev–Trinajstić information content (AvgIpc) is 3.15. The molecule has 7 heteroatoms. The Morgan fingerprint density at radius 1 is 1.22 bits per heavy atom. The Hall–Kier alpha value is -1.92. The van der Waals surface area contributed by atoms with Crippen molar-refractivity contribution in [3.05, 3.63) is 46.3 Å². The Morgan fingerprint density at radius 2 is 1.91 bits per heavy atom. The van der Waals surface area contributed by atoms with E-state index in [4.69, 9.17) is 16.7 Å². The molecule has 0 saturated carbocycles. The van der Waals surface area contributed by atoms with Crippen LogP contribution in [0.3, 0.4) is 0 Å². The van der Waals surface area contributed by atoms with Gasteiger partial charge in [-0.1, -0.05) is 23.7 Å². The van der Waals surface area contributed by atoms with Crippen molar-refractivity contribution in [3.8, 4) is 10.4 Å². The molecule has 0 spiro atoms. The molecule has 1 unspecified atom stereocenters. The van der Waals surface area contributed by atoms with Crippen LogP contribution in [0.5, 0.6) is 0 Å². The van der Waals surface area contributed by atoms with Crippen molar-refractivity contribution in [2.24, 2.45) is 0 Å². The lowest BCUT2D eigenvalue weighted by atomic mass is 10.1. The lowest BCUT2D eigenvalue weighted by molar-refractivity contribution is -0.149. The maximum atomic E-state index is 14.1. The van der Waals surface area contributed by atoms with E-state index in [0.717, 1.165) is 10.4 Å². The van der Waals surface area contributed by atoms with Crippen LogP contribution in [0.25, 0.3) is 10.4 Å². The number of carboxylic acids is 1. The maximum Gasteiger partial charge on any atom is 0.343 e. The number of halogens is 2. The van der Waals surface area contributed by atoms with Gasteiger partial charge >= 0.3 is 5.97 Å². The van der Waals surface area contributed by atoms with Crippen molar-refractivity contribution in [2.75, 3.05) is 13.1 Å². The van der Waals surface area contributed by atoms with Gasteiger partial charge in [0.15, 0.2) is 0 Å². The minimum absolute atomic E-state index is 0.107. The SMILES string of the molecule is O=C(c1ccc(-c2ccc(Cl)cc2)s1)N1CCC(F)(C(=O)O)C1. The summed E-state index contributed by atoms with van der Waals surface area (Å²) in [5, 5.41) is 9.53. The molecular weight excluding hydrogens is 341 g/mol. The standard InChI is InChI=1S/C16H13ClFNO3S/c17-11-3-1-10(2-4-11)12-5-6-13(23-12)14(20)19-8-7-16(18,9-19)15(21)22/h1-6H,7-9H2,(H,21,22). The van der Waals surface area contributed by atoms with Crippen molar-refractivity contribution in [3.63, 3.8) is 0 Å². The predicted molar refractivity (Wildman–Crippen MR) is 86.8 cm³/mol. The molecule has 1 atom stereocenters. The zero-order valence-electron chi connectivity index (χ0n) is 12.0. The van der Waals surface area contributed by atoms with Crippen molar-refractivity contribution < 1.29 is 19.1 Å². The highest BCUT2D eigenvalue weighted by Gasteiger charge is 2.47. The lowest BCUT2D eigenvalue weighted by Gasteiger charge is -2.16. The van der Waals surface area contributed by atoms with Crippen LogP contribution < -0.4 is 0 Å². The van der Waals surface area contributed by atoms with Gasteiger partial charge in [0.25, 0.3) is 5.91 Å². The monoisotopic (exact) mass is 353 g/mol. The lowest BCUT2D eigenvalue weighted by Crippen LogP contribution is -2.38. The van der Waals surface area contributed by atoms with Crippen molar-refractivity contribution in [1.29, 1.82) is 0 Å². The number of hydrogen-bond acceptors (Lipinski definition) is 3. The highest BCUT2D eigenvalue weighted by molar-refractivity contribution is 7.17. The van der Waals surface area contributed by atoms with E-state index >= 15 is 0 Å². The molecular formula is C16H13ClFNO3S. The Labute approximate surface area is 141 Å². The second-order valence-corrected chi connectivity index (χ2v) is 6.94. The molecule has 1 fully saturated rings. The first kappa shape index (κ1) is 16.0. The first-order valence-corrected chi connectivity index (χ1v) is 8.16. The molecule has 2 heterocycles. The van der Waals surface area contributed by atoms with Gasteiger partial charge in [0.2, 0.25) is 5.67 Å². The fourth-order valence-electron chi connectivity index (χ4n) is 2.50. The van der Waals surface area contributed by atoms with Gasteiger partial charge in [-0.2, -0.15) is 0 Å². The molecule has 120 valence electrons. The summed E-state index contributed by atoms with van der Waals surface area (Å²) in [6.07, 6.45) is -0.177. The van der Waals surface area contributed by atoms with Gasteiger partial charge in [0.05, 0.1) is 11.4 Å². The van der Waals surface area contributed by atoms with Crippen LogP contribution in [-0.4, -0.2) is 40.6 Å². The number of hydrogen-bond donors (Lipinski definition) is 1. The fraction of sp³-hybridized carbons (Fsp3) is 0.250. The van der Waals surface area contributed by atoms with E-state index in [0.29, 0.717) is 9.90 Å². The Balaban J connectivity index is 1.77. The number of rotatable bonds is 3. The zero-order chi connectivity index (χ0) is 16.6. The molecule has 2 aromatic rings. The average molecular weight is 354 g/mol. The fourth-order valence-corrected chi connectivity index (χ4v) is 3.60. The summed E-state index contributed by atoms with van der Waals surface area (Å²) < 4.78 is 14.1. The highest BCUT2D eigenvalue weighted by atomic mass is 35.5. The van der Waals surface area contributed by atoms with E-state index in [-0.39, 0.29) is 18.9 Å². The molecule has 1 aromatic carbocycles. The normalized spacial score (nSPS) is 20.7. The van der Waals surface area contributed by atoms with E-state index in [9.17, 15) is 14.0 Å². The van der Waals surface area contributed by atoms with E-state index in [1.807, 2.05) is 18.2 Å². The number of carbonyl (C=O) groups excluding carboxylic acids is 1. The summed E-state index contributed by atoms with van der Waals surface area (Å²) in [4.78, 5) is 26.0. The minimum atomic E-state index is -2.34. The number of aliphatic carboxylic acids is 1. The summed E-state index contributed by atoms with van der Waals surface area (Å²) in [7, 11) is 0. The maximum absolute atomic E-state index is 14.1. The Kier molecular flexibility index (Phi) is 4.12. The second-order valence-electron chi connectivity index (χ2n) is 5.42. The van der Waals surface area contributed by atoms with Gasteiger partial charge in [0.1, 0.15) is 0 Å². The predicted octanol–water partition coefficient (Wildman–Crippen LogP) is 3.71. The zero-order valence-corrected chi connectivity index (χ0v) is 13.5. The summed E-state index contributed by atoms with van der Waals surface area (Å²) in [5.41, 5.74) is -1.41. The summed E-state index contributed by atoms with van der Waals surface area (Å²) in [5.74, 6) is -1.85. The number of benzene rings is 1. The van der Waals surface area contributed by atoms with Gasteiger partial charge in [-0.25, -0.2) is 9.18 Å². The van der Waals surface area contributed by atoms with Crippen LogP contribution in [0, 0.1) is 0 Å². The summed E-state index contributed by atoms with van der Waals surface area (Å²) in [6, 6.07) is 10.7. The molecule has 1 aliphatic heterocycles. The van der Waals surface area contributed by atoms with Crippen LogP contribution in [-0.2, 0) is 4.79 Å². The third-order valence-electron chi connectivity index (χ3n) is 3.84. The third-order valence-corrected chi connectivity index (χ3v) is 5.21. The molecule has 3 rings (SSSR count). The molecule has 1 saturated heterocycles. The minimum Gasteiger partial charge on any atom is -0.479 e. The summed E-state index contributed by atoms with van der Waals surface area (Å²) >= 11 is 7.14. The third kappa shape index (κ3) is 3.09. The smallest absolute Gasteiger partial charge is 0.343 e. The van der Waals surface area contributed by atoms with Gasteiger partial charge in [-0.3, -0.25) is 4.79 Å². The topological polar surface area (TPSA) is 57.6 Å². The van der Waals surface area contributed by atoms with Crippen molar-refractivity contribution in [1.82, 2.24) is 4.90 Å². The van der Waals surface area contributed by atoms with Gasteiger partial charge in [0, 0.05) is 22.9 Å². The van der Waals surface area contributed by atoms with E-state index < -0.39 is 18.2 Å². The molecule has 1 aromatic heterocycles. The number of thiophene rings is 1. The molecule has 0 radical (unpaired) electrons. The molecule has 1 N–H and O–H groups in total. The second kappa shape index (κ2) is 5.94.